The molecule has 0 spiro atoms. The maximum absolute atomic E-state index is 13.4. The van der Waals surface area contributed by atoms with Gasteiger partial charge in [-0.05, 0) is 43.7 Å². The minimum atomic E-state index is -4.42. The lowest BCUT2D eigenvalue weighted by molar-refractivity contribution is -0.146. The number of sulfonamides is 1. The summed E-state index contributed by atoms with van der Waals surface area (Å²) in [6, 6.07) is 3.32. The summed E-state index contributed by atoms with van der Waals surface area (Å²) in [5.74, 6) is 0.397. The fraction of sp³-hybridized carbons (Fsp3) is 0.600. The predicted octanol–water partition coefficient (Wildman–Crippen LogP) is 3.36. The maximum atomic E-state index is 13.4. The molecule has 2 aliphatic rings. The molecule has 1 aromatic rings. The molecule has 0 radical (unpaired) electrons. The van der Waals surface area contributed by atoms with E-state index in [1.807, 2.05) is 4.90 Å². The first-order valence-corrected chi connectivity index (χ1v) is 14.2. The van der Waals surface area contributed by atoms with Crippen molar-refractivity contribution in [2.75, 3.05) is 33.0 Å². The summed E-state index contributed by atoms with van der Waals surface area (Å²) in [7, 11) is -1.92. The Morgan fingerprint density at radius 1 is 1.24 bits per heavy atom. The van der Waals surface area contributed by atoms with Gasteiger partial charge in [-0.3, -0.25) is 9.79 Å². The molecule has 1 saturated heterocycles. The summed E-state index contributed by atoms with van der Waals surface area (Å²) >= 11 is 0. The molecular weight excluding hydrogens is 509 g/mol. The highest BCUT2D eigenvalue weighted by Gasteiger charge is 2.41. The lowest BCUT2D eigenvalue weighted by Crippen LogP contribution is -2.44. The van der Waals surface area contributed by atoms with Crippen LogP contribution in [0.15, 0.2) is 34.8 Å². The number of hydrogen-bond acceptors (Lipinski definition) is 6. The zero-order valence-corrected chi connectivity index (χ0v) is 22.4. The number of carbonyl (C=O) groups is 1. The number of rotatable bonds is 8. The van der Waals surface area contributed by atoms with Crippen LogP contribution in [0, 0.1) is 5.92 Å². The Labute approximate surface area is 216 Å². The van der Waals surface area contributed by atoms with E-state index >= 15 is 0 Å². The fourth-order valence-corrected chi connectivity index (χ4v) is 4.78. The summed E-state index contributed by atoms with van der Waals surface area (Å²) in [4.78, 5) is 18.9. The third-order valence-corrected chi connectivity index (χ3v) is 7.46. The number of ether oxygens (including phenoxy) is 1. The summed E-state index contributed by atoms with van der Waals surface area (Å²) < 4.78 is 70.8. The van der Waals surface area contributed by atoms with E-state index in [1.165, 1.54) is 13.2 Å². The summed E-state index contributed by atoms with van der Waals surface area (Å²) in [6.07, 6.45) is -0.314. The van der Waals surface area contributed by atoms with E-state index in [-0.39, 0.29) is 25.4 Å². The van der Waals surface area contributed by atoms with Crippen LogP contribution >= 0.6 is 0 Å². The molecule has 2 aliphatic heterocycles. The first-order chi connectivity index (χ1) is 17.3. The van der Waals surface area contributed by atoms with Crippen molar-refractivity contribution in [2.45, 2.75) is 57.8 Å². The highest BCUT2D eigenvalue weighted by Crippen LogP contribution is 2.31. The number of nitrogens with zero attached hydrogens (tertiary/aromatic N) is 2. The molecular formula is C25H35F3N4O4S. The van der Waals surface area contributed by atoms with E-state index in [4.69, 9.17) is 4.74 Å². The van der Waals surface area contributed by atoms with Gasteiger partial charge in [0.1, 0.15) is 11.6 Å². The van der Waals surface area contributed by atoms with Crippen LogP contribution in [-0.2, 0) is 21.4 Å². The molecule has 2 unspecified atom stereocenters. The van der Waals surface area contributed by atoms with Crippen LogP contribution in [0.1, 0.15) is 50.2 Å². The van der Waals surface area contributed by atoms with E-state index in [9.17, 15) is 26.4 Å². The van der Waals surface area contributed by atoms with Gasteiger partial charge in [-0.1, -0.05) is 25.1 Å². The number of alkyl halides is 3. The van der Waals surface area contributed by atoms with Crippen LogP contribution < -0.4 is 14.8 Å². The second kappa shape index (κ2) is 11.8. The molecule has 8 nitrogen and oxygen atoms in total. The number of amides is 1. The standard InChI is InChI=1S/C25H35F3N4O4S/c1-16-9-11-32(12-10-16)23-20(7-8-22(31-23)25(26,27)28)14-29-24(33)17(2)18-5-6-19(21(13-18)36-3)15-30-37(4,34)35/h5-7,13,16-17,22,30H,8-12,14-15H2,1-4H3,(H,29,33). The maximum Gasteiger partial charge on any atom is 0.411 e. The number of likely N-dealkylation sites (tertiary alicyclic amines) is 1. The highest BCUT2D eigenvalue weighted by atomic mass is 32.2. The Hall–Kier alpha value is -2.60. The average Bonchev–Trinajstić information content (AvgIpc) is 2.84. The SMILES string of the molecule is COc1cc(C(C)C(=O)NCC2=CCC(C(F)(F)F)N=C2N2CCC(C)CC2)ccc1CNS(C)(=O)=O. The average molecular weight is 545 g/mol. The first kappa shape index (κ1) is 29.0. The number of nitrogens with one attached hydrogen (secondary N) is 2. The second-order valence-corrected chi connectivity index (χ2v) is 11.6. The molecule has 206 valence electrons. The van der Waals surface area contributed by atoms with Crippen molar-refractivity contribution in [1.29, 1.82) is 0 Å². The van der Waals surface area contributed by atoms with E-state index in [0.29, 0.717) is 47.3 Å². The van der Waals surface area contributed by atoms with Gasteiger partial charge in [0, 0.05) is 37.3 Å². The summed E-state index contributed by atoms with van der Waals surface area (Å²) in [5.41, 5.74) is 1.87. The van der Waals surface area contributed by atoms with Crippen LogP contribution in [0.25, 0.3) is 0 Å². The lowest BCUT2D eigenvalue weighted by Gasteiger charge is -2.36. The first-order valence-electron chi connectivity index (χ1n) is 12.3. The van der Waals surface area contributed by atoms with Gasteiger partial charge >= 0.3 is 6.18 Å². The zero-order valence-electron chi connectivity index (χ0n) is 21.6. The van der Waals surface area contributed by atoms with Gasteiger partial charge in [-0.25, -0.2) is 13.1 Å². The minimum Gasteiger partial charge on any atom is -0.496 e. The Morgan fingerprint density at radius 2 is 1.92 bits per heavy atom. The molecule has 12 heteroatoms. The molecule has 0 aliphatic carbocycles. The molecule has 2 N–H and O–H groups in total. The van der Waals surface area contributed by atoms with E-state index in [2.05, 4.69) is 22.0 Å². The van der Waals surface area contributed by atoms with Crippen LogP contribution in [0.2, 0.25) is 0 Å². The van der Waals surface area contributed by atoms with Crippen molar-refractivity contribution in [3.05, 3.63) is 41.0 Å². The summed E-state index contributed by atoms with van der Waals surface area (Å²) in [6.45, 7) is 5.23. The van der Waals surface area contributed by atoms with E-state index in [1.54, 1.807) is 25.1 Å². The Balaban J connectivity index is 1.69. The molecule has 1 aromatic carbocycles. The number of halogens is 3. The number of methoxy groups -OCH3 is 1. The number of aliphatic imine (C=N–C) groups is 1. The second-order valence-electron chi connectivity index (χ2n) is 9.75. The number of piperidine rings is 1. The van der Waals surface area contributed by atoms with Crippen LogP contribution in [-0.4, -0.2) is 70.3 Å². The van der Waals surface area contributed by atoms with Crippen LogP contribution in [0.4, 0.5) is 13.2 Å². The third-order valence-electron chi connectivity index (χ3n) is 6.80. The predicted molar refractivity (Wildman–Crippen MR) is 136 cm³/mol. The normalized spacial score (nSPS) is 20.2. The van der Waals surface area contributed by atoms with Crippen molar-refractivity contribution in [3.8, 4) is 5.75 Å². The van der Waals surface area contributed by atoms with Crippen molar-refractivity contribution in [2.24, 2.45) is 10.9 Å². The molecule has 0 saturated carbocycles. The Kier molecular flexibility index (Phi) is 9.27. The van der Waals surface area contributed by atoms with Gasteiger partial charge in [0.05, 0.1) is 19.3 Å². The van der Waals surface area contributed by atoms with Crippen molar-refractivity contribution >= 4 is 21.8 Å². The minimum absolute atomic E-state index is 0.0489. The van der Waals surface area contributed by atoms with Crippen LogP contribution in [0.3, 0.4) is 0 Å². The van der Waals surface area contributed by atoms with Crippen molar-refractivity contribution in [3.63, 3.8) is 0 Å². The van der Waals surface area contributed by atoms with Crippen LogP contribution in [0.5, 0.6) is 5.75 Å². The van der Waals surface area contributed by atoms with Gasteiger partial charge in [-0.15, -0.1) is 0 Å². The van der Waals surface area contributed by atoms with Crippen molar-refractivity contribution < 1.29 is 31.1 Å². The molecule has 3 rings (SSSR count). The van der Waals surface area contributed by atoms with E-state index < -0.39 is 28.2 Å². The number of amidine groups is 1. The number of carbonyl (C=O) groups excluding carboxylic acids is 1. The Morgan fingerprint density at radius 3 is 2.51 bits per heavy atom. The Bertz CT molecular complexity index is 1140. The zero-order chi connectivity index (χ0) is 27.4. The van der Waals surface area contributed by atoms with Gasteiger partial charge < -0.3 is 15.0 Å². The number of hydrogen-bond donors (Lipinski definition) is 2. The molecule has 0 aromatic heterocycles. The smallest absolute Gasteiger partial charge is 0.411 e. The molecule has 2 heterocycles. The quantitative estimate of drug-likeness (QED) is 0.523. The molecule has 1 fully saturated rings. The molecule has 1 amide bonds. The fourth-order valence-electron chi connectivity index (χ4n) is 4.36. The lowest BCUT2D eigenvalue weighted by atomic mass is 9.96. The highest BCUT2D eigenvalue weighted by molar-refractivity contribution is 7.88. The molecule has 0 bridgehead atoms. The third kappa shape index (κ3) is 7.94. The summed E-state index contributed by atoms with van der Waals surface area (Å²) in [5, 5.41) is 2.85. The van der Waals surface area contributed by atoms with Gasteiger partial charge in [-0.2, -0.15) is 13.2 Å². The number of dihydropyridines is 1. The topological polar surface area (TPSA) is 100 Å². The number of benzene rings is 1. The molecule has 2 atom stereocenters. The largest absolute Gasteiger partial charge is 0.496 e. The van der Waals surface area contributed by atoms with E-state index in [0.717, 1.165) is 19.1 Å². The van der Waals surface area contributed by atoms with Crippen molar-refractivity contribution in [1.82, 2.24) is 14.9 Å². The molecule has 37 heavy (non-hydrogen) atoms. The monoisotopic (exact) mass is 544 g/mol. The van der Waals surface area contributed by atoms with Gasteiger partial charge in [0.25, 0.3) is 0 Å². The van der Waals surface area contributed by atoms with Gasteiger partial charge in [0.15, 0.2) is 6.04 Å². The van der Waals surface area contributed by atoms with Gasteiger partial charge in [0.2, 0.25) is 15.9 Å².